The summed E-state index contributed by atoms with van der Waals surface area (Å²) in [4.78, 5) is 0. The maximum Gasteiger partial charge on any atom is 0.0412 e. The van der Waals surface area contributed by atoms with E-state index in [-0.39, 0.29) is 5.54 Å². The second-order valence-electron chi connectivity index (χ2n) is 7.43. The number of hydrogen-bond donors (Lipinski definition) is 1. The highest BCUT2D eigenvalue weighted by molar-refractivity contribution is 5.40. The van der Waals surface area contributed by atoms with Crippen LogP contribution in [0, 0.1) is 26.2 Å². The van der Waals surface area contributed by atoms with Crippen LogP contribution in [-0.2, 0) is 5.54 Å². The van der Waals surface area contributed by atoms with Crippen molar-refractivity contribution in [1.29, 1.82) is 0 Å². The zero-order valence-electron chi connectivity index (χ0n) is 13.3. The van der Waals surface area contributed by atoms with E-state index in [1.807, 2.05) is 0 Å². The number of hydrogen-bond acceptors (Lipinski definition) is 1. The molecule has 0 aliphatic heterocycles. The minimum atomic E-state index is -0.115. The van der Waals surface area contributed by atoms with Crippen LogP contribution in [0.2, 0.25) is 0 Å². The highest BCUT2D eigenvalue weighted by atomic mass is 14.7. The number of aryl methyl sites for hydroxylation is 3. The first kappa shape index (κ1) is 14.6. The van der Waals surface area contributed by atoms with E-state index in [0.29, 0.717) is 5.41 Å². The van der Waals surface area contributed by atoms with Crippen LogP contribution in [0.3, 0.4) is 0 Å². The Kier molecular flexibility index (Phi) is 3.79. The van der Waals surface area contributed by atoms with Crippen LogP contribution in [0.5, 0.6) is 0 Å². The zero-order chi connectivity index (χ0) is 14.3. The van der Waals surface area contributed by atoms with Crippen molar-refractivity contribution in [3.63, 3.8) is 0 Å². The van der Waals surface area contributed by atoms with E-state index in [1.54, 1.807) is 0 Å². The van der Waals surface area contributed by atoms with Gasteiger partial charge in [-0.2, -0.15) is 0 Å². The second kappa shape index (κ2) is 4.94. The van der Waals surface area contributed by atoms with Crippen molar-refractivity contribution < 1.29 is 0 Å². The van der Waals surface area contributed by atoms with Crippen molar-refractivity contribution >= 4 is 0 Å². The first-order chi connectivity index (χ1) is 8.73. The lowest BCUT2D eigenvalue weighted by molar-refractivity contribution is 0.299. The largest absolute Gasteiger partial charge is 0.321 e. The summed E-state index contributed by atoms with van der Waals surface area (Å²) in [6.45, 7) is 11.4. The van der Waals surface area contributed by atoms with Gasteiger partial charge in [0.1, 0.15) is 0 Å². The first-order valence-electron chi connectivity index (χ1n) is 7.61. The molecule has 1 aromatic rings. The highest BCUT2D eigenvalue weighted by Crippen LogP contribution is 2.42. The van der Waals surface area contributed by atoms with Crippen molar-refractivity contribution in [3.8, 4) is 0 Å². The Hall–Kier alpha value is -0.820. The number of benzene rings is 1. The molecule has 2 N–H and O–H groups in total. The fourth-order valence-electron chi connectivity index (χ4n) is 3.46. The van der Waals surface area contributed by atoms with E-state index in [1.165, 1.54) is 41.5 Å². The Morgan fingerprint density at radius 2 is 1.47 bits per heavy atom. The molecule has 1 aliphatic carbocycles. The van der Waals surface area contributed by atoms with Gasteiger partial charge in [-0.3, -0.25) is 0 Å². The number of rotatable bonds is 1. The minimum absolute atomic E-state index is 0.115. The van der Waals surface area contributed by atoms with Gasteiger partial charge in [0, 0.05) is 5.54 Å². The molecule has 1 atom stereocenters. The quantitative estimate of drug-likeness (QED) is 0.723. The maximum atomic E-state index is 6.82. The second-order valence-corrected chi connectivity index (χ2v) is 7.43. The summed E-state index contributed by atoms with van der Waals surface area (Å²) in [6, 6.07) is 4.64. The van der Waals surface area contributed by atoms with Crippen molar-refractivity contribution in [1.82, 2.24) is 0 Å². The Labute approximate surface area is 118 Å². The van der Waals surface area contributed by atoms with E-state index in [0.717, 1.165) is 12.8 Å². The van der Waals surface area contributed by atoms with Crippen molar-refractivity contribution in [2.45, 2.75) is 72.3 Å². The van der Waals surface area contributed by atoms with Crippen LogP contribution in [0.4, 0.5) is 0 Å². The molecule has 106 valence electrons. The predicted molar refractivity (Wildman–Crippen MR) is 83.4 cm³/mol. The predicted octanol–water partition coefficient (Wildman–Crippen LogP) is 4.76. The van der Waals surface area contributed by atoms with Gasteiger partial charge in [-0.25, -0.2) is 0 Å². The molecule has 0 saturated heterocycles. The SMILES string of the molecule is Cc1cc(C)c(C2(N)CCCC(C)(C)CC2)cc1C. The van der Waals surface area contributed by atoms with Crippen LogP contribution in [0.15, 0.2) is 12.1 Å². The fourth-order valence-corrected chi connectivity index (χ4v) is 3.46. The van der Waals surface area contributed by atoms with Gasteiger partial charge in [0.15, 0.2) is 0 Å². The van der Waals surface area contributed by atoms with Gasteiger partial charge in [-0.1, -0.05) is 32.4 Å². The van der Waals surface area contributed by atoms with Crippen molar-refractivity contribution in [2.75, 3.05) is 0 Å². The van der Waals surface area contributed by atoms with Gasteiger partial charge < -0.3 is 5.73 Å². The third-order valence-corrected chi connectivity index (χ3v) is 5.10. The fraction of sp³-hybridized carbons (Fsp3) is 0.667. The lowest BCUT2D eigenvalue weighted by Gasteiger charge is -2.32. The summed E-state index contributed by atoms with van der Waals surface area (Å²) in [5.41, 5.74) is 12.7. The molecule has 1 fully saturated rings. The molecule has 0 radical (unpaired) electrons. The standard InChI is InChI=1S/C18H29N/c1-13-11-15(3)16(12-14(13)2)18(19)8-6-7-17(4,5)9-10-18/h11-12H,6-10,19H2,1-5H3. The average molecular weight is 259 g/mol. The molecule has 1 aliphatic rings. The molecule has 1 aromatic carbocycles. The third-order valence-electron chi connectivity index (χ3n) is 5.10. The molecule has 19 heavy (non-hydrogen) atoms. The van der Waals surface area contributed by atoms with Crippen molar-refractivity contribution in [3.05, 3.63) is 34.4 Å². The summed E-state index contributed by atoms with van der Waals surface area (Å²) in [6.07, 6.45) is 6.02. The van der Waals surface area contributed by atoms with Gasteiger partial charge in [0.2, 0.25) is 0 Å². The lowest BCUT2D eigenvalue weighted by atomic mass is 9.78. The smallest absolute Gasteiger partial charge is 0.0412 e. The van der Waals surface area contributed by atoms with Gasteiger partial charge in [0.05, 0.1) is 0 Å². The summed E-state index contributed by atoms with van der Waals surface area (Å²) in [5.74, 6) is 0. The highest BCUT2D eigenvalue weighted by Gasteiger charge is 2.34. The monoisotopic (exact) mass is 259 g/mol. The molecule has 0 bridgehead atoms. The molecule has 0 heterocycles. The molecule has 1 heteroatoms. The Balaban J connectivity index is 2.37. The molecule has 2 rings (SSSR count). The van der Waals surface area contributed by atoms with Crippen LogP contribution >= 0.6 is 0 Å². The first-order valence-corrected chi connectivity index (χ1v) is 7.61. The molecule has 0 amide bonds. The minimum Gasteiger partial charge on any atom is -0.321 e. The van der Waals surface area contributed by atoms with E-state index in [2.05, 4.69) is 46.8 Å². The lowest BCUT2D eigenvalue weighted by Crippen LogP contribution is -2.37. The van der Waals surface area contributed by atoms with Crippen molar-refractivity contribution in [2.24, 2.45) is 11.1 Å². The Morgan fingerprint density at radius 3 is 2.16 bits per heavy atom. The molecular weight excluding hydrogens is 230 g/mol. The number of nitrogens with two attached hydrogens (primary N) is 1. The van der Waals surface area contributed by atoms with Crippen LogP contribution in [0.25, 0.3) is 0 Å². The van der Waals surface area contributed by atoms with Gasteiger partial charge in [0.25, 0.3) is 0 Å². The molecule has 1 unspecified atom stereocenters. The van der Waals surface area contributed by atoms with Gasteiger partial charge >= 0.3 is 0 Å². The van der Waals surface area contributed by atoms with Gasteiger partial charge in [-0.15, -0.1) is 0 Å². The van der Waals surface area contributed by atoms with E-state index in [4.69, 9.17) is 5.73 Å². The van der Waals surface area contributed by atoms with Crippen LogP contribution < -0.4 is 5.73 Å². The third kappa shape index (κ3) is 3.02. The molecule has 1 nitrogen and oxygen atoms in total. The summed E-state index contributed by atoms with van der Waals surface area (Å²) < 4.78 is 0. The normalized spacial score (nSPS) is 27.1. The summed E-state index contributed by atoms with van der Waals surface area (Å²) in [7, 11) is 0. The Bertz CT molecular complexity index is 473. The van der Waals surface area contributed by atoms with E-state index >= 15 is 0 Å². The van der Waals surface area contributed by atoms with Crippen LogP contribution in [-0.4, -0.2) is 0 Å². The molecule has 1 saturated carbocycles. The summed E-state index contributed by atoms with van der Waals surface area (Å²) in [5, 5.41) is 0. The summed E-state index contributed by atoms with van der Waals surface area (Å²) >= 11 is 0. The molecular formula is C18H29N. The van der Waals surface area contributed by atoms with E-state index < -0.39 is 0 Å². The molecule has 0 aromatic heterocycles. The van der Waals surface area contributed by atoms with Gasteiger partial charge in [-0.05, 0) is 74.1 Å². The topological polar surface area (TPSA) is 26.0 Å². The van der Waals surface area contributed by atoms with Crippen LogP contribution in [0.1, 0.15) is 68.2 Å². The maximum absolute atomic E-state index is 6.82. The zero-order valence-corrected chi connectivity index (χ0v) is 13.3. The average Bonchev–Trinajstić information content (AvgIpc) is 2.44. The van der Waals surface area contributed by atoms with E-state index in [9.17, 15) is 0 Å². The molecule has 0 spiro atoms. The Morgan fingerprint density at radius 1 is 0.842 bits per heavy atom.